The Kier molecular flexibility index (Phi) is 3.07. The van der Waals surface area contributed by atoms with Gasteiger partial charge in [0.2, 0.25) is 0 Å². The van der Waals surface area contributed by atoms with Crippen molar-refractivity contribution in [3.8, 4) is 0 Å². The van der Waals surface area contributed by atoms with Crippen molar-refractivity contribution in [1.29, 1.82) is 0 Å². The van der Waals surface area contributed by atoms with Crippen LogP contribution in [0.4, 0.5) is 0 Å². The molecule has 10 heavy (non-hydrogen) atoms. The van der Waals surface area contributed by atoms with Crippen molar-refractivity contribution in [1.82, 2.24) is 0 Å². The van der Waals surface area contributed by atoms with Crippen molar-refractivity contribution in [3.05, 3.63) is 0 Å². The lowest BCUT2D eigenvalue weighted by Gasteiger charge is -2.21. The highest BCUT2D eigenvalue weighted by Crippen LogP contribution is 2.24. The third kappa shape index (κ3) is 4.54. The van der Waals surface area contributed by atoms with E-state index in [1.165, 1.54) is 0 Å². The van der Waals surface area contributed by atoms with Crippen LogP contribution in [0, 0.1) is 11.3 Å². The molecule has 1 heteroatoms. The molecule has 0 aromatic rings. The molecule has 0 amide bonds. The first-order valence-corrected chi connectivity index (χ1v) is 3.83. The van der Waals surface area contributed by atoms with Crippen LogP contribution in [-0.4, -0.2) is 5.78 Å². The van der Waals surface area contributed by atoms with Gasteiger partial charge in [-0.25, -0.2) is 0 Å². The summed E-state index contributed by atoms with van der Waals surface area (Å²) < 4.78 is 0. The number of ketones is 1. The Morgan fingerprint density at radius 1 is 1.40 bits per heavy atom. The van der Waals surface area contributed by atoms with E-state index in [9.17, 15) is 4.79 Å². The molecule has 0 aromatic carbocycles. The summed E-state index contributed by atoms with van der Waals surface area (Å²) in [4.78, 5) is 10.8. The molecular formula is C9H18O. The maximum absolute atomic E-state index is 10.8. The van der Waals surface area contributed by atoms with Crippen molar-refractivity contribution in [2.24, 2.45) is 11.3 Å². The van der Waals surface area contributed by atoms with Crippen LogP contribution in [0.3, 0.4) is 0 Å². The predicted molar refractivity (Wildman–Crippen MR) is 43.9 cm³/mol. The van der Waals surface area contributed by atoms with E-state index in [2.05, 4.69) is 20.8 Å². The Bertz CT molecular complexity index is 119. The van der Waals surface area contributed by atoms with E-state index in [1.54, 1.807) is 6.92 Å². The van der Waals surface area contributed by atoms with E-state index in [0.717, 1.165) is 6.42 Å². The maximum atomic E-state index is 10.8. The van der Waals surface area contributed by atoms with E-state index in [1.807, 2.05) is 6.92 Å². The van der Waals surface area contributed by atoms with Crippen molar-refractivity contribution >= 4 is 5.78 Å². The fourth-order valence-corrected chi connectivity index (χ4v) is 1.06. The number of carbonyl (C=O) groups excluding carboxylic acids is 1. The van der Waals surface area contributed by atoms with Crippen LogP contribution in [0.5, 0.6) is 0 Å². The highest BCUT2D eigenvalue weighted by molar-refractivity contribution is 5.77. The number of Topliss-reactive ketones (excluding diaryl/α,β-unsaturated/α-hetero) is 1. The minimum atomic E-state index is 0.222. The number of hydrogen-bond acceptors (Lipinski definition) is 1. The second-order valence-corrected chi connectivity index (χ2v) is 4.28. The van der Waals surface area contributed by atoms with Gasteiger partial charge in [-0.3, -0.25) is 4.79 Å². The number of rotatable bonds is 2. The molecule has 0 rings (SSSR count). The summed E-state index contributed by atoms with van der Waals surface area (Å²) in [6.07, 6.45) is 0.988. The van der Waals surface area contributed by atoms with Crippen LogP contribution in [0.15, 0.2) is 0 Å². The SMILES string of the molecule is CC(=O)[C@@H](C)CC(C)(C)C. The largest absolute Gasteiger partial charge is 0.300 e. The predicted octanol–water partition coefficient (Wildman–Crippen LogP) is 2.65. The highest BCUT2D eigenvalue weighted by Gasteiger charge is 2.17. The average molecular weight is 142 g/mol. The average Bonchev–Trinajstić information content (AvgIpc) is 1.60. The second-order valence-electron chi connectivity index (χ2n) is 4.28. The Morgan fingerprint density at radius 3 is 1.90 bits per heavy atom. The smallest absolute Gasteiger partial charge is 0.132 e. The van der Waals surface area contributed by atoms with Crippen LogP contribution >= 0.6 is 0 Å². The molecule has 0 aliphatic heterocycles. The number of hydrogen-bond donors (Lipinski definition) is 0. The van der Waals surface area contributed by atoms with Crippen LogP contribution in [0.25, 0.3) is 0 Å². The van der Waals surface area contributed by atoms with Gasteiger partial charge in [-0.05, 0) is 18.8 Å². The van der Waals surface area contributed by atoms with Crippen LogP contribution in [0.2, 0.25) is 0 Å². The van der Waals surface area contributed by atoms with Gasteiger partial charge < -0.3 is 0 Å². The zero-order valence-corrected chi connectivity index (χ0v) is 7.69. The standard InChI is InChI=1S/C9H18O/c1-7(8(2)10)6-9(3,4)5/h7H,6H2,1-5H3/t7-/m0/s1. The van der Waals surface area contributed by atoms with E-state index >= 15 is 0 Å². The molecule has 0 saturated heterocycles. The third-order valence-corrected chi connectivity index (χ3v) is 1.61. The summed E-state index contributed by atoms with van der Waals surface area (Å²) in [5.74, 6) is 0.523. The first kappa shape index (κ1) is 9.67. The van der Waals surface area contributed by atoms with Gasteiger partial charge in [-0.2, -0.15) is 0 Å². The van der Waals surface area contributed by atoms with E-state index in [0.29, 0.717) is 5.78 Å². The molecule has 0 aromatic heterocycles. The molecule has 60 valence electrons. The summed E-state index contributed by atoms with van der Waals surface area (Å²) in [5, 5.41) is 0. The van der Waals surface area contributed by atoms with Crippen molar-refractivity contribution in [2.75, 3.05) is 0 Å². The monoisotopic (exact) mass is 142 g/mol. The fraction of sp³-hybridized carbons (Fsp3) is 0.889. The van der Waals surface area contributed by atoms with Gasteiger partial charge >= 0.3 is 0 Å². The fourth-order valence-electron chi connectivity index (χ4n) is 1.06. The quantitative estimate of drug-likeness (QED) is 0.579. The molecule has 1 nitrogen and oxygen atoms in total. The molecule has 0 heterocycles. The van der Waals surface area contributed by atoms with Gasteiger partial charge in [0.15, 0.2) is 0 Å². The summed E-state index contributed by atoms with van der Waals surface area (Å²) >= 11 is 0. The Hall–Kier alpha value is -0.330. The molecular weight excluding hydrogens is 124 g/mol. The lowest BCUT2D eigenvalue weighted by atomic mass is 9.84. The molecule has 0 fully saturated rings. The van der Waals surface area contributed by atoms with Gasteiger partial charge in [0.05, 0.1) is 0 Å². The van der Waals surface area contributed by atoms with Crippen LogP contribution < -0.4 is 0 Å². The van der Waals surface area contributed by atoms with Crippen LogP contribution in [-0.2, 0) is 4.79 Å². The van der Waals surface area contributed by atoms with E-state index in [-0.39, 0.29) is 11.3 Å². The molecule has 0 unspecified atom stereocenters. The zero-order chi connectivity index (χ0) is 8.36. The van der Waals surface area contributed by atoms with Gasteiger partial charge in [0.25, 0.3) is 0 Å². The minimum Gasteiger partial charge on any atom is -0.300 e. The summed E-state index contributed by atoms with van der Waals surface area (Å²) in [7, 11) is 0. The van der Waals surface area contributed by atoms with Gasteiger partial charge in [0.1, 0.15) is 5.78 Å². The van der Waals surface area contributed by atoms with Crippen molar-refractivity contribution in [3.63, 3.8) is 0 Å². The van der Waals surface area contributed by atoms with Crippen molar-refractivity contribution in [2.45, 2.75) is 41.0 Å². The zero-order valence-electron chi connectivity index (χ0n) is 7.69. The van der Waals surface area contributed by atoms with Gasteiger partial charge in [-0.1, -0.05) is 27.7 Å². The summed E-state index contributed by atoms with van der Waals surface area (Å²) in [5.41, 5.74) is 0.283. The minimum absolute atomic E-state index is 0.222. The van der Waals surface area contributed by atoms with Crippen LogP contribution in [0.1, 0.15) is 41.0 Å². The van der Waals surface area contributed by atoms with E-state index in [4.69, 9.17) is 0 Å². The second kappa shape index (κ2) is 3.18. The van der Waals surface area contributed by atoms with E-state index < -0.39 is 0 Å². The Balaban J connectivity index is 3.80. The molecule has 0 saturated carbocycles. The van der Waals surface area contributed by atoms with Gasteiger partial charge in [0, 0.05) is 5.92 Å². The maximum Gasteiger partial charge on any atom is 0.132 e. The molecule has 0 bridgehead atoms. The third-order valence-electron chi connectivity index (χ3n) is 1.61. The number of carbonyl (C=O) groups is 1. The molecule has 1 atom stereocenters. The lowest BCUT2D eigenvalue weighted by Crippen LogP contribution is -2.16. The highest BCUT2D eigenvalue weighted by atomic mass is 16.1. The molecule has 0 radical (unpaired) electrons. The summed E-state index contributed by atoms with van der Waals surface area (Å²) in [6.45, 7) is 10.1. The topological polar surface area (TPSA) is 17.1 Å². The molecule has 0 N–H and O–H groups in total. The molecule has 0 aliphatic carbocycles. The Labute approximate surface area is 63.8 Å². The van der Waals surface area contributed by atoms with Gasteiger partial charge in [-0.15, -0.1) is 0 Å². The first-order valence-electron chi connectivity index (χ1n) is 3.83. The molecule has 0 spiro atoms. The molecule has 0 aliphatic rings. The van der Waals surface area contributed by atoms with Crippen molar-refractivity contribution < 1.29 is 4.79 Å². The first-order chi connectivity index (χ1) is 4.33. The normalized spacial score (nSPS) is 14.9. The lowest BCUT2D eigenvalue weighted by molar-refractivity contribution is -0.121. The summed E-state index contributed by atoms with van der Waals surface area (Å²) in [6, 6.07) is 0. The Morgan fingerprint density at radius 2 is 1.80 bits per heavy atom.